The number of pyridine rings is 1. The third-order valence-electron chi connectivity index (χ3n) is 2.20. The molecule has 4 nitrogen and oxygen atoms in total. The molecule has 1 N–H and O–H groups in total. The Morgan fingerprint density at radius 3 is 2.81 bits per heavy atom. The molecule has 0 aromatic carbocycles. The molecule has 0 spiro atoms. The van der Waals surface area contributed by atoms with E-state index in [9.17, 15) is 0 Å². The van der Waals surface area contributed by atoms with Crippen LogP contribution in [-0.4, -0.2) is 22.0 Å². The van der Waals surface area contributed by atoms with E-state index in [1.165, 1.54) is 0 Å². The van der Waals surface area contributed by atoms with E-state index in [0.29, 0.717) is 5.82 Å². The number of aryl methyl sites for hydroxylation is 1. The number of nitrogens with zero attached hydrogens (tertiary/aromatic N) is 3. The molecule has 0 saturated heterocycles. The van der Waals surface area contributed by atoms with Gasteiger partial charge in [0.1, 0.15) is 11.5 Å². The summed E-state index contributed by atoms with van der Waals surface area (Å²) >= 11 is 3.37. The average molecular weight is 279 g/mol. The summed E-state index contributed by atoms with van der Waals surface area (Å²) in [6, 6.07) is 3.89. The number of nitrogens with one attached hydrogen (secondary N) is 1. The summed E-state index contributed by atoms with van der Waals surface area (Å²) in [6.07, 6.45) is 3.47. The molecule has 0 aliphatic heterocycles. The molecule has 2 aromatic heterocycles. The van der Waals surface area contributed by atoms with E-state index in [2.05, 4.69) is 36.2 Å². The summed E-state index contributed by atoms with van der Waals surface area (Å²) < 4.78 is 0.840. The zero-order valence-corrected chi connectivity index (χ0v) is 10.6. The molecule has 0 radical (unpaired) electrons. The fraction of sp³-hybridized carbons (Fsp3) is 0.182. The van der Waals surface area contributed by atoms with Crippen LogP contribution in [0, 0.1) is 6.92 Å². The van der Waals surface area contributed by atoms with Crippen LogP contribution < -0.4 is 5.32 Å². The van der Waals surface area contributed by atoms with Gasteiger partial charge in [0, 0.05) is 19.4 Å². The highest BCUT2D eigenvalue weighted by molar-refractivity contribution is 9.10. The van der Waals surface area contributed by atoms with Gasteiger partial charge in [-0.25, -0.2) is 9.97 Å². The highest BCUT2D eigenvalue weighted by Crippen LogP contribution is 2.23. The molecule has 0 aliphatic carbocycles. The summed E-state index contributed by atoms with van der Waals surface area (Å²) in [5.41, 5.74) is 1.87. The van der Waals surface area contributed by atoms with Crippen molar-refractivity contribution in [3.05, 3.63) is 34.6 Å². The van der Waals surface area contributed by atoms with E-state index in [1.54, 1.807) is 12.4 Å². The SMILES string of the molecule is CNc1nc(-c2ncccc2C)ncc1Br. The fourth-order valence-electron chi connectivity index (χ4n) is 1.38. The van der Waals surface area contributed by atoms with Gasteiger partial charge in [-0.3, -0.25) is 4.98 Å². The summed E-state index contributed by atoms with van der Waals surface area (Å²) in [5.74, 6) is 1.39. The Balaban J connectivity index is 2.53. The maximum atomic E-state index is 4.39. The van der Waals surface area contributed by atoms with Gasteiger partial charge in [0.15, 0.2) is 5.82 Å². The molecule has 0 aliphatic rings. The number of halogens is 1. The van der Waals surface area contributed by atoms with E-state index in [4.69, 9.17) is 0 Å². The van der Waals surface area contributed by atoms with Crippen LogP contribution in [-0.2, 0) is 0 Å². The summed E-state index contributed by atoms with van der Waals surface area (Å²) in [7, 11) is 1.82. The minimum Gasteiger partial charge on any atom is -0.372 e. The molecular weight excluding hydrogens is 268 g/mol. The Morgan fingerprint density at radius 2 is 2.12 bits per heavy atom. The lowest BCUT2D eigenvalue weighted by molar-refractivity contribution is 1.11. The first-order valence-electron chi connectivity index (χ1n) is 4.84. The van der Waals surface area contributed by atoms with E-state index < -0.39 is 0 Å². The van der Waals surface area contributed by atoms with E-state index in [1.807, 2.05) is 26.1 Å². The van der Waals surface area contributed by atoms with Crippen LogP contribution in [0.15, 0.2) is 29.0 Å². The normalized spacial score (nSPS) is 10.2. The average Bonchev–Trinajstić information content (AvgIpc) is 2.31. The number of rotatable bonds is 2. The van der Waals surface area contributed by atoms with Gasteiger partial charge in [-0.05, 0) is 34.5 Å². The molecule has 0 fully saturated rings. The van der Waals surface area contributed by atoms with Gasteiger partial charge in [-0.2, -0.15) is 0 Å². The van der Waals surface area contributed by atoms with Crippen LogP contribution >= 0.6 is 15.9 Å². The third kappa shape index (κ3) is 2.04. The summed E-state index contributed by atoms with van der Waals surface area (Å²) in [6.45, 7) is 1.99. The van der Waals surface area contributed by atoms with Gasteiger partial charge in [0.05, 0.1) is 4.47 Å². The van der Waals surface area contributed by atoms with Crippen LogP contribution in [0.4, 0.5) is 5.82 Å². The van der Waals surface area contributed by atoms with Crippen molar-refractivity contribution in [3.63, 3.8) is 0 Å². The molecule has 82 valence electrons. The molecule has 2 rings (SSSR count). The van der Waals surface area contributed by atoms with Crippen LogP contribution in [0.25, 0.3) is 11.5 Å². The van der Waals surface area contributed by atoms with Crippen LogP contribution in [0.2, 0.25) is 0 Å². The first kappa shape index (κ1) is 11.0. The molecule has 2 aromatic rings. The van der Waals surface area contributed by atoms with Gasteiger partial charge in [0.25, 0.3) is 0 Å². The van der Waals surface area contributed by atoms with Crippen LogP contribution in [0.1, 0.15) is 5.56 Å². The first-order valence-corrected chi connectivity index (χ1v) is 5.64. The molecular formula is C11H11BrN4. The Bertz CT molecular complexity index is 513. The maximum absolute atomic E-state index is 4.39. The molecule has 0 bridgehead atoms. The Morgan fingerprint density at radius 1 is 1.31 bits per heavy atom. The highest BCUT2D eigenvalue weighted by Gasteiger charge is 2.08. The minimum atomic E-state index is 0.630. The molecule has 2 heterocycles. The van der Waals surface area contributed by atoms with Gasteiger partial charge >= 0.3 is 0 Å². The molecule has 5 heteroatoms. The van der Waals surface area contributed by atoms with Crippen molar-refractivity contribution in [3.8, 4) is 11.5 Å². The van der Waals surface area contributed by atoms with Crippen molar-refractivity contribution in [1.82, 2.24) is 15.0 Å². The van der Waals surface area contributed by atoms with Crippen molar-refractivity contribution < 1.29 is 0 Å². The third-order valence-corrected chi connectivity index (χ3v) is 2.78. The Kier molecular flexibility index (Phi) is 3.14. The van der Waals surface area contributed by atoms with Gasteiger partial charge in [-0.1, -0.05) is 6.07 Å². The number of anilines is 1. The molecule has 0 saturated carbocycles. The van der Waals surface area contributed by atoms with Crippen molar-refractivity contribution in [2.45, 2.75) is 6.92 Å². The van der Waals surface area contributed by atoms with E-state index in [-0.39, 0.29) is 0 Å². The smallest absolute Gasteiger partial charge is 0.180 e. The largest absolute Gasteiger partial charge is 0.372 e. The monoisotopic (exact) mass is 278 g/mol. The maximum Gasteiger partial charge on any atom is 0.180 e. The zero-order chi connectivity index (χ0) is 11.5. The highest BCUT2D eigenvalue weighted by atomic mass is 79.9. The summed E-state index contributed by atoms with van der Waals surface area (Å²) in [4.78, 5) is 12.9. The summed E-state index contributed by atoms with van der Waals surface area (Å²) in [5, 5.41) is 3.00. The van der Waals surface area contributed by atoms with Crippen molar-refractivity contribution in [2.75, 3.05) is 12.4 Å². The lowest BCUT2D eigenvalue weighted by atomic mass is 10.2. The van der Waals surface area contributed by atoms with Crippen molar-refractivity contribution in [1.29, 1.82) is 0 Å². The number of hydrogen-bond acceptors (Lipinski definition) is 4. The Labute approximate surface area is 102 Å². The quantitative estimate of drug-likeness (QED) is 0.918. The van der Waals surface area contributed by atoms with Gasteiger partial charge < -0.3 is 5.32 Å². The van der Waals surface area contributed by atoms with E-state index >= 15 is 0 Å². The second-order valence-electron chi connectivity index (χ2n) is 3.31. The predicted octanol–water partition coefficient (Wildman–Crippen LogP) is 2.65. The second-order valence-corrected chi connectivity index (χ2v) is 4.16. The molecule has 0 atom stereocenters. The minimum absolute atomic E-state index is 0.630. The van der Waals surface area contributed by atoms with Crippen molar-refractivity contribution in [2.24, 2.45) is 0 Å². The topological polar surface area (TPSA) is 50.7 Å². The van der Waals surface area contributed by atoms with Crippen LogP contribution in [0.3, 0.4) is 0 Å². The molecule has 16 heavy (non-hydrogen) atoms. The first-order chi connectivity index (χ1) is 7.72. The number of aromatic nitrogens is 3. The molecule has 0 amide bonds. The standard InChI is InChI=1S/C11H11BrN4/c1-7-4-3-5-14-9(7)11-15-6-8(12)10(13-2)16-11/h3-6H,1-2H3,(H,13,15,16). The lowest BCUT2D eigenvalue weighted by Crippen LogP contribution is -1.99. The van der Waals surface area contributed by atoms with Crippen molar-refractivity contribution >= 4 is 21.7 Å². The van der Waals surface area contributed by atoms with E-state index in [0.717, 1.165) is 21.5 Å². The second kappa shape index (κ2) is 4.57. The van der Waals surface area contributed by atoms with Gasteiger partial charge in [-0.15, -0.1) is 0 Å². The fourth-order valence-corrected chi connectivity index (χ4v) is 1.77. The van der Waals surface area contributed by atoms with Crippen LogP contribution in [0.5, 0.6) is 0 Å². The predicted molar refractivity (Wildman–Crippen MR) is 67.2 cm³/mol. The zero-order valence-electron chi connectivity index (χ0n) is 9.03. The lowest BCUT2D eigenvalue weighted by Gasteiger charge is -2.06. The molecule has 0 unspecified atom stereocenters. The Hall–Kier alpha value is -1.49. The van der Waals surface area contributed by atoms with Gasteiger partial charge in [0.2, 0.25) is 0 Å². The number of hydrogen-bond donors (Lipinski definition) is 1.